The van der Waals surface area contributed by atoms with E-state index in [9.17, 15) is 8.42 Å². The van der Waals surface area contributed by atoms with Crippen molar-refractivity contribution in [3.8, 4) is 11.5 Å². The molecule has 4 aromatic rings. The molecule has 38 heavy (non-hydrogen) atoms. The van der Waals surface area contributed by atoms with Crippen LogP contribution in [0.4, 0.5) is 0 Å². The Morgan fingerprint density at radius 1 is 0.974 bits per heavy atom. The standard InChI is InChI=1S/C26H33N7O4S/c1-15(2)36-23(24-27-11-16(3)12-28-24)20(7)38(34,35)14-22-31-32-25(21-10-8-9-17(4)30-21)33(22)19(6)26-29-13-18(5)37-26/h8-13,15,19-20,23H,14H2,1-7H3/t19-,20-,23+/m0/s1. The van der Waals surface area contributed by atoms with E-state index < -0.39 is 27.2 Å². The summed E-state index contributed by atoms with van der Waals surface area (Å²) >= 11 is 0. The Balaban J connectivity index is 1.75. The van der Waals surface area contributed by atoms with Crippen LogP contribution in [-0.4, -0.2) is 54.5 Å². The van der Waals surface area contributed by atoms with E-state index in [2.05, 4.69) is 30.1 Å². The molecule has 0 spiro atoms. The molecule has 0 amide bonds. The Morgan fingerprint density at radius 3 is 2.29 bits per heavy atom. The van der Waals surface area contributed by atoms with Gasteiger partial charge in [-0.25, -0.2) is 28.4 Å². The number of aryl methyl sites for hydroxylation is 3. The van der Waals surface area contributed by atoms with Crippen LogP contribution >= 0.6 is 0 Å². The number of nitrogens with zero attached hydrogens (tertiary/aromatic N) is 7. The minimum absolute atomic E-state index is 0.238. The van der Waals surface area contributed by atoms with Crippen molar-refractivity contribution in [3.05, 3.63) is 71.3 Å². The second-order valence-electron chi connectivity index (χ2n) is 9.70. The zero-order valence-corrected chi connectivity index (χ0v) is 23.5. The van der Waals surface area contributed by atoms with Crippen molar-refractivity contribution in [2.24, 2.45) is 0 Å². The molecular weight excluding hydrogens is 506 g/mol. The Kier molecular flexibility index (Phi) is 8.02. The van der Waals surface area contributed by atoms with Crippen LogP contribution in [0.3, 0.4) is 0 Å². The summed E-state index contributed by atoms with van der Waals surface area (Å²) in [4.78, 5) is 17.6. The first-order chi connectivity index (χ1) is 18.0. The number of ether oxygens (including phenoxy) is 1. The maximum Gasteiger partial charge on any atom is 0.217 e. The minimum Gasteiger partial charge on any atom is -0.444 e. The molecule has 3 atom stereocenters. The fraction of sp³-hybridized carbons (Fsp3) is 0.462. The molecule has 0 aliphatic heterocycles. The number of rotatable bonds is 10. The fourth-order valence-electron chi connectivity index (χ4n) is 4.07. The summed E-state index contributed by atoms with van der Waals surface area (Å²) in [6.45, 7) is 12.7. The molecule has 0 saturated heterocycles. The van der Waals surface area contributed by atoms with Gasteiger partial charge in [-0.05, 0) is 66.2 Å². The van der Waals surface area contributed by atoms with Gasteiger partial charge >= 0.3 is 0 Å². The van der Waals surface area contributed by atoms with Crippen LogP contribution in [0.2, 0.25) is 0 Å². The van der Waals surface area contributed by atoms with Crippen molar-refractivity contribution in [2.45, 2.75) is 77.7 Å². The third-order valence-corrected chi connectivity index (χ3v) is 8.11. The third-order valence-electron chi connectivity index (χ3n) is 6.06. The zero-order valence-electron chi connectivity index (χ0n) is 22.7. The minimum atomic E-state index is -3.83. The Morgan fingerprint density at radius 2 is 1.68 bits per heavy atom. The van der Waals surface area contributed by atoms with Crippen LogP contribution in [0.5, 0.6) is 0 Å². The number of hydrogen-bond donors (Lipinski definition) is 0. The largest absolute Gasteiger partial charge is 0.444 e. The van der Waals surface area contributed by atoms with E-state index in [0.29, 0.717) is 29.0 Å². The second kappa shape index (κ2) is 11.1. The lowest BCUT2D eigenvalue weighted by molar-refractivity contribution is 0.00140. The van der Waals surface area contributed by atoms with Gasteiger partial charge in [0.1, 0.15) is 35.2 Å². The van der Waals surface area contributed by atoms with Gasteiger partial charge in [0.2, 0.25) is 5.89 Å². The first kappa shape index (κ1) is 27.5. The number of oxazole rings is 1. The molecule has 0 fully saturated rings. The summed E-state index contributed by atoms with van der Waals surface area (Å²) in [7, 11) is -3.83. The lowest BCUT2D eigenvalue weighted by Crippen LogP contribution is -2.32. The van der Waals surface area contributed by atoms with Crippen molar-refractivity contribution < 1.29 is 17.6 Å². The smallest absolute Gasteiger partial charge is 0.217 e. The topological polar surface area (TPSA) is 139 Å². The molecule has 0 aliphatic rings. The normalized spacial score (nSPS) is 14.5. The molecule has 0 radical (unpaired) electrons. The second-order valence-corrected chi connectivity index (χ2v) is 12.1. The molecule has 12 heteroatoms. The van der Waals surface area contributed by atoms with E-state index in [1.807, 2.05) is 52.8 Å². The molecule has 0 bridgehead atoms. The highest BCUT2D eigenvalue weighted by molar-refractivity contribution is 7.91. The molecule has 0 saturated carbocycles. The molecule has 0 N–H and O–H groups in total. The summed E-state index contributed by atoms with van der Waals surface area (Å²) in [5.74, 6) is 1.65. The molecule has 4 heterocycles. The molecule has 202 valence electrons. The molecule has 0 aliphatic carbocycles. The molecule has 11 nitrogen and oxygen atoms in total. The average molecular weight is 540 g/mol. The van der Waals surface area contributed by atoms with Crippen LogP contribution in [0.25, 0.3) is 11.5 Å². The van der Waals surface area contributed by atoms with E-state index in [0.717, 1.165) is 11.3 Å². The van der Waals surface area contributed by atoms with Crippen LogP contribution in [0, 0.1) is 20.8 Å². The van der Waals surface area contributed by atoms with Gasteiger partial charge in [0.05, 0.1) is 17.6 Å². The van der Waals surface area contributed by atoms with Crippen LogP contribution < -0.4 is 0 Å². The SMILES string of the molecule is Cc1cnc([C@H](OC(C)C)[C@H](C)S(=O)(=O)Cc2nnc(-c3cccc(C)n3)n2[C@@H](C)c2ncc(C)o2)nc1. The van der Waals surface area contributed by atoms with Crippen molar-refractivity contribution in [1.82, 2.24) is 34.7 Å². The first-order valence-corrected chi connectivity index (χ1v) is 14.1. The van der Waals surface area contributed by atoms with Crippen molar-refractivity contribution in [3.63, 3.8) is 0 Å². The highest BCUT2D eigenvalue weighted by Crippen LogP contribution is 2.30. The maximum absolute atomic E-state index is 13.8. The van der Waals surface area contributed by atoms with Crippen molar-refractivity contribution >= 4 is 9.84 Å². The van der Waals surface area contributed by atoms with Gasteiger partial charge in [0.15, 0.2) is 21.5 Å². The van der Waals surface area contributed by atoms with E-state index >= 15 is 0 Å². The predicted octanol–water partition coefficient (Wildman–Crippen LogP) is 4.12. The summed E-state index contributed by atoms with van der Waals surface area (Å²) in [5.41, 5.74) is 2.23. The predicted molar refractivity (Wildman–Crippen MR) is 141 cm³/mol. The van der Waals surface area contributed by atoms with E-state index in [4.69, 9.17) is 9.15 Å². The Labute approximate surface area is 222 Å². The van der Waals surface area contributed by atoms with E-state index in [1.165, 1.54) is 0 Å². The number of pyridine rings is 1. The summed E-state index contributed by atoms with van der Waals surface area (Å²) < 4.78 is 41.1. The summed E-state index contributed by atoms with van der Waals surface area (Å²) in [6, 6.07) is 5.06. The first-order valence-electron chi connectivity index (χ1n) is 12.4. The number of hydrogen-bond acceptors (Lipinski definition) is 10. The van der Waals surface area contributed by atoms with E-state index in [1.54, 1.807) is 37.0 Å². The quantitative estimate of drug-likeness (QED) is 0.289. The summed E-state index contributed by atoms with van der Waals surface area (Å²) in [5, 5.41) is 7.69. The van der Waals surface area contributed by atoms with Gasteiger partial charge < -0.3 is 9.15 Å². The molecule has 4 rings (SSSR count). The van der Waals surface area contributed by atoms with Crippen LogP contribution in [0.1, 0.15) is 74.4 Å². The third kappa shape index (κ3) is 5.97. The van der Waals surface area contributed by atoms with Gasteiger partial charge in [0, 0.05) is 18.1 Å². The van der Waals surface area contributed by atoms with Gasteiger partial charge in [-0.1, -0.05) is 6.07 Å². The van der Waals surface area contributed by atoms with E-state index in [-0.39, 0.29) is 17.7 Å². The van der Waals surface area contributed by atoms with Crippen molar-refractivity contribution in [1.29, 1.82) is 0 Å². The van der Waals surface area contributed by atoms with Crippen LogP contribution in [0.15, 0.2) is 41.2 Å². The van der Waals surface area contributed by atoms with Gasteiger partial charge in [-0.2, -0.15) is 0 Å². The number of sulfone groups is 1. The molecule has 4 aromatic heterocycles. The highest BCUT2D eigenvalue weighted by Gasteiger charge is 2.36. The van der Waals surface area contributed by atoms with Crippen LogP contribution in [-0.2, 0) is 20.3 Å². The van der Waals surface area contributed by atoms with Gasteiger partial charge in [0.25, 0.3) is 0 Å². The lowest BCUT2D eigenvalue weighted by Gasteiger charge is -2.25. The number of aromatic nitrogens is 7. The average Bonchev–Trinajstić information content (AvgIpc) is 3.48. The zero-order chi connectivity index (χ0) is 27.6. The van der Waals surface area contributed by atoms with Crippen molar-refractivity contribution in [2.75, 3.05) is 0 Å². The fourth-order valence-corrected chi connectivity index (χ4v) is 5.45. The monoisotopic (exact) mass is 539 g/mol. The molecule has 0 aromatic carbocycles. The lowest BCUT2D eigenvalue weighted by atomic mass is 10.2. The maximum atomic E-state index is 13.8. The van der Waals surface area contributed by atoms with Gasteiger partial charge in [-0.15, -0.1) is 10.2 Å². The molecular formula is C26H33N7O4S. The Bertz CT molecular complexity index is 1500. The molecule has 0 unspecified atom stereocenters. The summed E-state index contributed by atoms with van der Waals surface area (Å²) in [6.07, 6.45) is 3.82. The van der Waals surface area contributed by atoms with Gasteiger partial charge in [-0.3, -0.25) is 4.57 Å². The highest BCUT2D eigenvalue weighted by atomic mass is 32.2. The Hall–Kier alpha value is -3.51.